The summed E-state index contributed by atoms with van der Waals surface area (Å²) in [5, 5.41) is 8.91. The second-order valence-corrected chi connectivity index (χ2v) is 4.17. The molecule has 0 saturated heterocycles. The van der Waals surface area contributed by atoms with Gasteiger partial charge in [0.15, 0.2) is 5.52 Å². The fourth-order valence-corrected chi connectivity index (χ4v) is 2.06. The topological polar surface area (TPSA) is 73.8 Å². The monoisotopic (exact) mass is 256 g/mol. The molecule has 0 aliphatic carbocycles. The van der Waals surface area contributed by atoms with Gasteiger partial charge >= 0.3 is 0 Å². The van der Waals surface area contributed by atoms with E-state index < -0.39 is 0 Å². The lowest BCUT2D eigenvalue weighted by Crippen LogP contribution is -2.23. The molecule has 6 nitrogen and oxygen atoms in total. The molecular formula is C13H12N4O2. The summed E-state index contributed by atoms with van der Waals surface area (Å²) in [6, 6.07) is 3.69. The maximum atomic E-state index is 12.1. The highest BCUT2D eigenvalue weighted by atomic mass is 16.5. The first-order valence-electron chi connectivity index (χ1n) is 6.00. The zero-order valence-electron chi connectivity index (χ0n) is 10.6. The Bertz CT molecular complexity index is 790. The molecule has 0 aliphatic rings. The summed E-state index contributed by atoms with van der Waals surface area (Å²) in [6.07, 6.45) is 3.38. The Morgan fingerprint density at radius 3 is 2.74 bits per heavy atom. The fraction of sp³-hybridized carbons (Fsp3) is 0.231. The highest BCUT2D eigenvalue weighted by Crippen LogP contribution is 2.26. The van der Waals surface area contributed by atoms with E-state index in [-0.39, 0.29) is 5.56 Å². The Labute approximate surface area is 108 Å². The molecule has 3 aromatic rings. The van der Waals surface area contributed by atoms with E-state index in [1.807, 2.05) is 19.1 Å². The van der Waals surface area contributed by atoms with Crippen molar-refractivity contribution in [2.75, 3.05) is 0 Å². The first-order valence-corrected chi connectivity index (χ1v) is 6.00. The summed E-state index contributed by atoms with van der Waals surface area (Å²) in [7, 11) is 0. The van der Waals surface area contributed by atoms with Gasteiger partial charge in [0.1, 0.15) is 11.5 Å². The molecule has 3 aromatic heterocycles. The van der Waals surface area contributed by atoms with Crippen molar-refractivity contribution in [2.24, 2.45) is 0 Å². The third kappa shape index (κ3) is 1.72. The van der Waals surface area contributed by atoms with Crippen molar-refractivity contribution in [1.82, 2.24) is 19.9 Å². The average molecular weight is 256 g/mol. The van der Waals surface area contributed by atoms with Crippen molar-refractivity contribution in [3.63, 3.8) is 0 Å². The molecule has 96 valence electrons. The Kier molecular flexibility index (Phi) is 2.63. The minimum absolute atomic E-state index is 0.229. The highest BCUT2D eigenvalue weighted by molar-refractivity contribution is 5.92. The molecule has 0 atom stereocenters. The Balaban J connectivity index is 2.44. The first-order chi connectivity index (χ1) is 9.22. The van der Waals surface area contributed by atoms with E-state index in [1.54, 1.807) is 19.3 Å². The molecule has 0 amide bonds. The lowest BCUT2D eigenvalue weighted by atomic mass is 10.1. The second kappa shape index (κ2) is 4.31. The van der Waals surface area contributed by atoms with Gasteiger partial charge in [0, 0.05) is 24.5 Å². The number of pyridine rings is 1. The van der Waals surface area contributed by atoms with Gasteiger partial charge < -0.3 is 4.52 Å². The standard InChI is InChI=1S/C13H12N4O2/c1-3-17-13(18)12-10(8(2)19-16-12)11(15-17)9-4-6-14-7-5-9/h4-7H,3H2,1-2H3. The van der Waals surface area contributed by atoms with Gasteiger partial charge in [-0.25, -0.2) is 4.68 Å². The number of rotatable bonds is 2. The Hall–Kier alpha value is -2.50. The van der Waals surface area contributed by atoms with E-state index in [0.717, 1.165) is 5.56 Å². The molecule has 0 fully saturated rings. The number of nitrogens with zero attached hydrogens (tertiary/aromatic N) is 4. The van der Waals surface area contributed by atoms with Gasteiger partial charge in [-0.3, -0.25) is 9.78 Å². The van der Waals surface area contributed by atoms with Gasteiger partial charge in [-0.1, -0.05) is 5.16 Å². The molecule has 3 heterocycles. The third-order valence-corrected chi connectivity index (χ3v) is 3.01. The van der Waals surface area contributed by atoms with E-state index in [4.69, 9.17) is 4.52 Å². The van der Waals surface area contributed by atoms with Crippen LogP contribution in [0.15, 0.2) is 33.8 Å². The van der Waals surface area contributed by atoms with Crippen LogP contribution in [0, 0.1) is 6.92 Å². The second-order valence-electron chi connectivity index (χ2n) is 4.17. The number of hydrogen-bond donors (Lipinski definition) is 0. The Morgan fingerprint density at radius 2 is 2.05 bits per heavy atom. The zero-order chi connectivity index (χ0) is 13.4. The number of hydrogen-bond acceptors (Lipinski definition) is 5. The van der Waals surface area contributed by atoms with Crippen LogP contribution in [0.1, 0.15) is 12.7 Å². The lowest BCUT2D eigenvalue weighted by molar-refractivity contribution is 0.405. The van der Waals surface area contributed by atoms with E-state index in [2.05, 4.69) is 15.2 Å². The maximum absolute atomic E-state index is 12.1. The molecule has 0 aromatic carbocycles. The SMILES string of the molecule is CCn1nc(-c2ccncc2)c2c(C)onc2c1=O. The van der Waals surface area contributed by atoms with E-state index in [9.17, 15) is 4.79 Å². The summed E-state index contributed by atoms with van der Waals surface area (Å²) in [6.45, 7) is 4.12. The summed E-state index contributed by atoms with van der Waals surface area (Å²) >= 11 is 0. The largest absolute Gasteiger partial charge is 0.360 e. The summed E-state index contributed by atoms with van der Waals surface area (Å²) in [4.78, 5) is 16.1. The fourth-order valence-electron chi connectivity index (χ4n) is 2.06. The van der Waals surface area contributed by atoms with Gasteiger partial charge in [-0.2, -0.15) is 5.10 Å². The highest BCUT2D eigenvalue weighted by Gasteiger charge is 2.17. The van der Waals surface area contributed by atoms with E-state index in [1.165, 1.54) is 4.68 Å². The van der Waals surface area contributed by atoms with Gasteiger partial charge in [0.05, 0.1) is 5.39 Å². The van der Waals surface area contributed by atoms with Crippen LogP contribution in [0.5, 0.6) is 0 Å². The van der Waals surface area contributed by atoms with Gasteiger partial charge in [-0.05, 0) is 26.0 Å². The molecule has 0 N–H and O–H groups in total. The van der Waals surface area contributed by atoms with Crippen molar-refractivity contribution in [3.05, 3.63) is 40.6 Å². The molecule has 0 unspecified atom stereocenters. The summed E-state index contributed by atoms with van der Waals surface area (Å²) < 4.78 is 6.53. The van der Waals surface area contributed by atoms with Crippen LogP contribution >= 0.6 is 0 Å². The van der Waals surface area contributed by atoms with Crippen LogP contribution in [-0.4, -0.2) is 19.9 Å². The quantitative estimate of drug-likeness (QED) is 0.698. The van der Waals surface area contributed by atoms with Crippen LogP contribution in [0.4, 0.5) is 0 Å². The average Bonchev–Trinajstić information content (AvgIpc) is 2.83. The number of fused-ring (bicyclic) bond motifs is 1. The van der Waals surface area contributed by atoms with E-state index >= 15 is 0 Å². The lowest BCUT2D eigenvalue weighted by Gasteiger charge is -2.06. The minimum atomic E-state index is -0.229. The van der Waals surface area contributed by atoms with Crippen LogP contribution in [0.2, 0.25) is 0 Å². The molecule has 0 aliphatic heterocycles. The Morgan fingerprint density at radius 1 is 1.32 bits per heavy atom. The summed E-state index contributed by atoms with van der Waals surface area (Å²) in [5.74, 6) is 0.592. The first kappa shape index (κ1) is 11.6. The van der Waals surface area contributed by atoms with Gasteiger partial charge in [0.25, 0.3) is 5.56 Å². The third-order valence-electron chi connectivity index (χ3n) is 3.01. The van der Waals surface area contributed by atoms with Gasteiger partial charge in [0.2, 0.25) is 0 Å². The molecule has 3 rings (SSSR count). The summed E-state index contributed by atoms with van der Waals surface area (Å²) in [5.41, 5.74) is 1.67. The van der Waals surface area contributed by atoms with Crippen LogP contribution in [0.25, 0.3) is 22.2 Å². The van der Waals surface area contributed by atoms with Crippen molar-refractivity contribution in [1.29, 1.82) is 0 Å². The van der Waals surface area contributed by atoms with E-state index in [0.29, 0.717) is 28.9 Å². The zero-order valence-corrected chi connectivity index (χ0v) is 10.6. The predicted octanol–water partition coefficient (Wildman–Crippen LogP) is 1.77. The molecule has 6 heteroatoms. The number of aryl methyl sites for hydroxylation is 2. The van der Waals surface area contributed by atoms with Crippen LogP contribution in [0.3, 0.4) is 0 Å². The van der Waals surface area contributed by atoms with Crippen molar-refractivity contribution in [3.8, 4) is 11.3 Å². The maximum Gasteiger partial charge on any atom is 0.296 e. The van der Waals surface area contributed by atoms with Crippen molar-refractivity contribution >= 4 is 10.9 Å². The molecule has 0 bridgehead atoms. The smallest absolute Gasteiger partial charge is 0.296 e. The molecule has 19 heavy (non-hydrogen) atoms. The molecule has 0 spiro atoms. The van der Waals surface area contributed by atoms with Crippen molar-refractivity contribution < 1.29 is 4.52 Å². The number of aromatic nitrogens is 4. The molecule has 0 radical (unpaired) electrons. The van der Waals surface area contributed by atoms with Crippen LogP contribution < -0.4 is 5.56 Å². The normalized spacial score (nSPS) is 11.1. The molecule has 0 saturated carbocycles. The van der Waals surface area contributed by atoms with Crippen LogP contribution in [-0.2, 0) is 6.54 Å². The molecular weight excluding hydrogens is 244 g/mol. The minimum Gasteiger partial charge on any atom is -0.360 e. The predicted molar refractivity (Wildman–Crippen MR) is 69.7 cm³/mol. The van der Waals surface area contributed by atoms with Crippen molar-refractivity contribution in [2.45, 2.75) is 20.4 Å². The van der Waals surface area contributed by atoms with Gasteiger partial charge in [-0.15, -0.1) is 0 Å².